The van der Waals surface area contributed by atoms with Crippen LogP contribution >= 0.6 is 11.8 Å². The molecule has 1 atom stereocenters. The Bertz CT molecular complexity index is 493. The molecule has 2 heterocycles. The number of carbonyl (C=O) groups excluding carboxylic acids is 2. The Balaban J connectivity index is 2.09. The third kappa shape index (κ3) is 3.33. The van der Waals surface area contributed by atoms with Gasteiger partial charge in [0.1, 0.15) is 5.82 Å². The van der Waals surface area contributed by atoms with E-state index in [1.165, 1.54) is 18.7 Å². The van der Waals surface area contributed by atoms with E-state index < -0.39 is 0 Å². The van der Waals surface area contributed by atoms with Crippen LogP contribution in [0.2, 0.25) is 0 Å². The number of carbonyl (C=O) groups is 2. The molecule has 1 aliphatic heterocycles. The van der Waals surface area contributed by atoms with Gasteiger partial charge >= 0.3 is 0 Å². The summed E-state index contributed by atoms with van der Waals surface area (Å²) in [4.78, 5) is 28.8. The van der Waals surface area contributed by atoms with Crippen LogP contribution in [0.3, 0.4) is 0 Å². The topological polar surface area (TPSA) is 70.5 Å². The Morgan fingerprint density at radius 1 is 1.63 bits per heavy atom. The average Bonchev–Trinajstić information content (AvgIpc) is 2.77. The molecule has 6 heteroatoms. The van der Waals surface area contributed by atoms with Crippen LogP contribution in [0.15, 0.2) is 18.3 Å². The first kappa shape index (κ1) is 14.0. The molecular formula is C13H16N2O3S. The normalized spacial score (nSPS) is 18.9. The lowest BCUT2D eigenvalue weighted by Crippen LogP contribution is -2.27. The van der Waals surface area contributed by atoms with E-state index in [1.807, 2.05) is 0 Å². The summed E-state index contributed by atoms with van der Waals surface area (Å²) in [6.45, 7) is 1.95. The fraction of sp³-hybridized carbons (Fsp3) is 0.462. The molecule has 1 unspecified atom stereocenters. The molecule has 102 valence electrons. The lowest BCUT2D eigenvalue weighted by Gasteiger charge is -2.18. The average molecular weight is 280 g/mol. The number of hydrogen-bond acceptors (Lipinski definition) is 5. The molecule has 19 heavy (non-hydrogen) atoms. The van der Waals surface area contributed by atoms with Gasteiger partial charge in [-0.15, -0.1) is 0 Å². The summed E-state index contributed by atoms with van der Waals surface area (Å²) >= 11 is 1.25. The highest BCUT2D eigenvalue weighted by atomic mass is 32.2. The van der Waals surface area contributed by atoms with Crippen LogP contribution in [-0.2, 0) is 16.2 Å². The number of rotatable bonds is 4. The zero-order valence-electron chi connectivity index (χ0n) is 10.7. The summed E-state index contributed by atoms with van der Waals surface area (Å²) in [5.41, 5.74) is 0.649. The molecule has 1 amide bonds. The number of nitrogens with zero attached hydrogens (tertiary/aromatic N) is 2. The molecule has 5 nitrogen and oxygen atoms in total. The predicted octanol–water partition coefficient (Wildman–Crippen LogP) is 1.21. The Morgan fingerprint density at radius 3 is 3.11 bits per heavy atom. The van der Waals surface area contributed by atoms with E-state index in [2.05, 4.69) is 4.98 Å². The highest BCUT2D eigenvalue weighted by Gasteiger charge is 2.32. The van der Waals surface area contributed by atoms with Gasteiger partial charge in [-0.25, -0.2) is 4.98 Å². The van der Waals surface area contributed by atoms with Crippen molar-refractivity contribution >= 4 is 28.6 Å². The minimum absolute atomic E-state index is 0.00236. The van der Waals surface area contributed by atoms with Crippen LogP contribution in [0, 0.1) is 5.92 Å². The molecule has 0 saturated carbocycles. The fourth-order valence-electron chi connectivity index (χ4n) is 2.13. The monoisotopic (exact) mass is 280 g/mol. The molecule has 0 radical (unpaired) electrons. The van der Waals surface area contributed by atoms with Crippen molar-refractivity contribution < 1.29 is 14.7 Å². The summed E-state index contributed by atoms with van der Waals surface area (Å²) in [5, 5.41) is 9.35. The maximum atomic E-state index is 12.0. The number of thioether (sulfide) groups is 1. The molecule has 1 fully saturated rings. The Kier molecular flexibility index (Phi) is 4.55. The first-order valence-corrected chi connectivity index (χ1v) is 7.09. The summed E-state index contributed by atoms with van der Waals surface area (Å²) in [6, 6.07) is 3.49. The molecule has 2 rings (SSSR count). The summed E-state index contributed by atoms with van der Waals surface area (Å²) < 4.78 is 0. The second kappa shape index (κ2) is 6.16. The van der Waals surface area contributed by atoms with E-state index in [0.717, 1.165) is 0 Å². The molecular weight excluding hydrogens is 264 g/mol. The lowest BCUT2D eigenvalue weighted by atomic mass is 10.1. The lowest BCUT2D eigenvalue weighted by molar-refractivity contribution is -0.117. The maximum absolute atomic E-state index is 12.0. The van der Waals surface area contributed by atoms with Crippen molar-refractivity contribution in [3.63, 3.8) is 0 Å². The number of anilines is 1. The second-order valence-corrected chi connectivity index (χ2v) is 5.72. The van der Waals surface area contributed by atoms with Gasteiger partial charge in [0, 0.05) is 37.4 Å². The maximum Gasteiger partial charge on any atom is 0.228 e. The van der Waals surface area contributed by atoms with Crippen molar-refractivity contribution in [3.05, 3.63) is 23.9 Å². The van der Waals surface area contributed by atoms with Crippen LogP contribution in [0.25, 0.3) is 0 Å². The SMILES string of the molecule is CC(=O)SCC1CC(=O)N(c2ncccc2CO)C1. The van der Waals surface area contributed by atoms with Gasteiger partial charge in [0.2, 0.25) is 5.91 Å². The van der Waals surface area contributed by atoms with Crippen molar-refractivity contribution in [2.24, 2.45) is 5.92 Å². The molecule has 1 saturated heterocycles. The first-order valence-electron chi connectivity index (χ1n) is 6.10. The van der Waals surface area contributed by atoms with Gasteiger partial charge in [0.05, 0.1) is 6.61 Å². The van der Waals surface area contributed by atoms with Crippen molar-refractivity contribution in [1.82, 2.24) is 4.98 Å². The summed E-state index contributed by atoms with van der Waals surface area (Å²) in [6.07, 6.45) is 2.04. The molecule has 0 aromatic carbocycles. The smallest absolute Gasteiger partial charge is 0.228 e. The van der Waals surface area contributed by atoms with E-state index >= 15 is 0 Å². The molecule has 1 aromatic rings. The minimum Gasteiger partial charge on any atom is -0.392 e. The van der Waals surface area contributed by atoms with Gasteiger partial charge in [-0.1, -0.05) is 17.8 Å². The van der Waals surface area contributed by atoms with Crippen LogP contribution in [0.1, 0.15) is 18.9 Å². The van der Waals surface area contributed by atoms with Gasteiger partial charge in [-0.2, -0.15) is 0 Å². The number of aliphatic hydroxyl groups is 1. The highest BCUT2D eigenvalue weighted by Crippen LogP contribution is 2.28. The zero-order chi connectivity index (χ0) is 13.8. The second-order valence-electron chi connectivity index (χ2n) is 4.52. The van der Waals surface area contributed by atoms with Crippen molar-refractivity contribution in [3.8, 4) is 0 Å². The molecule has 1 aromatic heterocycles. The number of amides is 1. The Labute approximate surface area is 116 Å². The van der Waals surface area contributed by atoms with Crippen LogP contribution < -0.4 is 4.90 Å². The number of pyridine rings is 1. The standard InChI is InChI=1S/C13H16N2O3S/c1-9(17)19-8-10-5-12(18)15(6-10)13-11(7-16)3-2-4-14-13/h2-4,10,16H,5-8H2,1H3. The molecule has 0 aliphatic carbocycles. The predicted molar refractivity (Wildman–Crippen MR) is 73.8 cm³/mol. The van der Waals surface area contributed by atoms with Crippen LogP contribution in [0.4, 0.5) is 5.82 Å². The molecule has 1 N–H and O–H groups in total. The van der Waals surface area contributed by atoms with E-state index in [4.69, 9.17) is 0 Å². The van der Waals surface area contributed by atoms with E-state index in [-0.39, 0.29) is 23.5 Å². The van der Waals surface area contributed by atoms with Crippen LogP contribution in [0.5, 0.6) is 0 Å². The third-order valence-electron chi connectivity index (χ3n) is 3.02. The molecule has 0 bridgehead atoms. The highest BCUT2D eigenvalue weighted by molar-refractivity contribution is 8.13. The largest absolute Gasteiger partial charge is 0.392 e. The minimum atomic E-state index is -0.139. The molecule has 0 spiro atoms. The Hall–Kier alpha value is -1.40. The van der Waals surface area contributed by atoms with E-state index in [0.29, 0.717) is 30.1 Å². The third-order valence-corrected chi connectivity index (χ3v) is 4.07. The van der Waals surface area contributed by atoms with Gasteiger partial charge in [0.25, 0.3) is 0 Å². The fourth-order valence-corrected chi connectivity index (χ4v) is 2.82. The van der Waals surface area contributed by atoms with Crippen molar-refractivity contribution in [2.45, 2.75) is 20.0 Å². The van der Waals surface area contributed by atoms with Gasteiger partial charge in [-0.05, 0) is 12.0 Å². The quantitative estimate of drug-likeness (QED) is 0.897. The first-order chi connectivity index (χ1) is 9.11. The number of aromatic nitrogens is 1. The van der Waals surface area contributed by atoms with Gasteiger partial charge in [-0.3, -0.25) is 14.5 Å². The van der Waals surface area contributed by atoms with Gasteiger partial charge < -0.3 is 5.11 Å². The summed E-state index contributed by atoms with van der Waals surface area (Å²) in [5.74, 6) is 1.35. The number of aliphatic hydroxyl groups excluding tert-OH is 1. The van der Waals surface area contributed by atoms with E-state index in [9.17, 15) is 14.7 Å². The summed E-state index contributed by atoms with van der Waals surface area (Å²) in [7, 11) is 0. The van der Waals surface area contributed by atoms with Crippen molar-refractivity contribution in [1.29, 1.82) is 0 Å². The number of hydrogen-bond donors (Lipinski definition) is 1. The molecule has 1 aliphatic rings. The van der Waals surface area contributed by atoms with Gasteiger partial charge in [0.15, 0.2) is 5.12 Å². The zero-order valence-corrected chi connectivity index (χ0v) is 11.5. The van der Waals surface area contributed by atoms with Crippen LogP contribution in [-0.4, -0.2) is 33.4 Å². The Morgan fingerprint density at radius 2 is 2.42 bits per heavy atom. The van der Waals surface area contributed by atoms with Crippen molar-refractivity contribution in [2.75, 3.05) is 17.2 Å². The van der Waals surface area contributed by atoms with E-state index in [1.54, 1.807) is 23.2 Å².